The van der Waals surface area contributed by atoms with E-state index in [1.807, 2.05) is 19.2 Å². The molecule has 0 aliphatic rings. The van der Waals surface area contributed by atoms with Crippen molar-refractivity contribution in [2.75, 3.05) is 0 Å². The van der Waals surface area contributed by atoms with Crippen LogP contribution in [0.5, 0.6) is 0 Å². The van der Waals surface area contributed by atoms with Crippen LogP contribution in [0.3, 0.4) is 0 Å². The topological polar surface area (TPSA) is 26.0 Å². The van der Waals surface area contributed by atoms with Gasteiger partial charge in [-0.25, -0.2) is 8.78 Å². The molecule has 2 N–H and O–H groups in total. The summed E-state index contributed by atoms with van der Waals surface area (Å²) in [6.07, 6.45) is 0.832. The third-order valence-electron chi connectivity index (χ3n) is 3.17. The lowest BCUT2D eigenvalue weighted by Crippen LogP contribution is -2.25. The first-order valence-corrected chi connectivity index (χ1v) is 8.20. The summed E-state index contributed by atoms with van der Waals surface area (Å²) in [5.74, 6) is -1.64. The second kappa shape index (κ2) is 6.70. The smallest absolute Gasteiger partial charge is 0.159 e. The summed E-state index contributed by atoms with van der Waals surface area (Å²) in [5.41, 5.74) is 7.40. The minimum absolute atomic E-state index is 0.0227. The Morgan fingerprint density at radius 1 is 1.25 bits per heavy atom. The first-order chi connectivity index (χ1) is 9.52. The first kappa shape index (κ1) is 15.5. The van der Waals surface area contributed by atoms with Crippen LogP contribution in [0, 0.1) is 18.6 Å². The van der Waals surface area contributed by atoms with Crippen molar-refractivity contribution < 1.29 is 8.78 Å². The summed E-state index contributed by atoms with van der Waals surface area (Å²) < 4.78 is 26.3. The predicted molar refractivity (Wildman–Crippen MR) is 82.3 cm³/mol. The fourth-order valence-electron chi connectivity index (χ4n) is 1.92. The summed E-state index contributed by atoms with van der Waals surface area (Å²) in [4.78, 5) is 1.90. The van der Waals surface area contributed by atoms with E-state index in [1.54, 1.807) is 17.4 Å². The Labute approximate surface area is 126 Å². The van der Waals surface area contributed by atoms with Crippen LogP contribution in [0.4, 0.5) is 8.78 Å². The van der Waals surface area contributed by atoms with Gasteiger partial charge >= 0.3 is 0 Å². The molecule has 1 nitrogen and oxygen atoms in total. The second-order valence-corrected chi connectivity index (χ2v) is 6.82. The Morgan fingerprint density at radius 2 is 2.00 bits per heavy atom. The van der Waals surface area contributed by atoms with Gasteiger partial charge in [0.1, 0.15) is 0 Å². The molecular formula is C15H17F2NS2. The molecule has 2 unspecified atom stereocenters. The highest BCUT2D eigenvalue weighted by molar-refractivity contribution is 7.99. The molecule has 2 aromatic rings. The summed E-state index contributed by atoms with van der Waals surface area (Å²) in [6.45, 7) is 4.08. The fraction of sp³-hybridized carbons (Fsp3) is 0.333. The van der Waals surface area contributed by atoms with Crippen LogP contribution in [0.15, 0.2) is 34.5 Å². The van der Waals surface area contributed by atoms with Gasteiger partial charge in [-0.2, -0.15) is 0 Å². The van der Waals surface area contributed by atoms with Crippen molar-refractivity contribution in [3.63, 3.8) is 0 Å². The maximum Gasteiger partial charge on any atom is 0.159 e. The maximum absolute atomic E-state index is 13.3. The third kappa shape index (κ3) is 3.40. The molecule has 0 saturated heterocycles. The van der Waals surface area contributed by atoms with Crippen LogP contribution >= 0.6 is 23.1 Å². The second-order valence-electron chi connectivity index (χ2n) is 4.65. The van der Waals surface area contributed by atoms with E-state index in [0.29, 0.717) is 4.90 Å². The van der Waals surface area contributed by atoms with E-state index in [2.05, 4.69) is 6.07 Å². The van der Waals surface area contributed by atoms with Crippen LogP contribution in [0.1, 0.15) is 29.0 Å². The monoisotopic (exact) mass is 313 g/mol. The Balaban J connectivity index is 2.28. The van der Waals surface area contributed by atoms with Gasteiger partial charge in [-0.3, -0.25) is 0 Å². The van der Waals surface area contributed by atoms with Crippen molar-refractivity contribution in [1.82, 2.24) is 0 Å². The molecule has 0 bridgehead atoms. The van der Waals surface area contributed by atoms with Crippen LogP contribution in [-0.2, 0) is 0 Å². The van der Waals surface area contributed by atoms with E-state index < -0.39 is 11.6 Å². The van der Waals surface area contributed by atoms with E-state index in [-0.39, 0.29) is 11.3 Å². The molecule has 0 fully saturated rings. The highest BCUT2D eigenvalue weighted by Crippen LogP contribution is 2.41. The van der Waals surface area contributed by atoms with Gasteiger partial charge in [-0.15, -0.1) is 23.1 Å². The van der Waals surface area contributed by atoms with Crippen LogP contribution in [0.25, 0.3) is 0 Å². The quantitative estimate of drug-likeness (QED) is 0.794. The molecule has 108 valence electrons. The summed E-state index contributed by atoms with van der Waals surface area (Å²) in [6, 6.07) is 6.03. The molecular weight excluding hydrogens is 296 g/mol. The highest BCUT2D eigenvalue weighted by Gasteiger charge is 2.23. The average molecular weight is 313 g/mol. The highest BCUT2D eigenvalue weighted by atomic mass is 32.2. The Kier molecular flexibility index (Phi) is 5.18. The third-order valence-corrected chi connectivity index (χ3v) is 5.79. The molecule has 20 heavy (non-hydrogen) atoms. The molecule has 1 heterocycles. The van der Waals surface area contributed by atoms with Gasteiger partial charge in [0.25, 0.3) is 0 Å². The number of rotatable bonds is 5. The molecule has 0 amide bonds. The lowest BCUT2D eigenvalue weighted by atomic mass is 10.1. The minimum Gasteiger partial charge on any atom is -0.326 e. The molecule has 1 aromatic carbocycles. The van der Waals surface area contributed by atoms with Crippen molar-refractivity contribution >= 4 is 23.1 Å². The number of thioether (sulfide) groups is 1. The lowest BCUT2D eigenvalue weighted by Gasteiger charge is -2.22. The van der Waals surface area contributed by atoms with Crippen LogP contribution < -0.4 is 5.73 Å². The zero-order valence-corrected chi connectivity index (χ0v) is 13.0. The molecule has 5 heteroatoms. The Bertz CT molecular complexity index is 583. The average Bonchev–Trinajstić information content (AvgIpc) is 2.85. The molecule has 1 aromatic heterocycles. The SMILES string of the molecule is CCC(N)C(Sc1ccc(F)c(F)c1)c1sccc1C. The van der Waals surface area contributed by atoms with Gasteiger partial charge in [0.15, 0.2) is 11.6 Å². The molecule has 0 radical (unpaired) electrons. The first-order valence-electron chi connectivity index (χ1n) is 6.44. The normalized spacial score (nSPS) is 14.2. The van der Waals surface area contributed by atoms with Crippen molar-refractivity contribution in [3.05, 3.63) is 51.7 Å². The summed E-state index contributed by atoms with van der Waals surface area (Å²) in [7, 11) is 0. The van der Waals surface area contributed by atoms with Gasteiger partial charge in [0.2, 0.25) is 0 Å². The Morgan fingerprint density at radius 3 is 2.55 bits per heavy atom. The standard InChI is InChI=1S/C15H17F2NS2/c1-3-13(18)15(14-9(2)6-7-19-14)20-10-4-5-11(16)12(17)8-10/h4-8,13,15H,3,18H2,1-2H3. The number of hydrogen-bond donors (Lipinski definition) is 1. The fourth-order valence-corrected chi connectivity index (χ4v) is 4.49. The Hall–Kier alpha value is -0.910. The van der Waals surface area contributed by atoms with Crippen LogP contribution in [-0.4, -0.2) is 6.04 Å². The number of halogens is 2. The number of aryl methyl sites for hydroxylation is 1. The lowest BCUT2D eigenvalue weighted by molar-refractivity contribution is 0.506. The largest absolute Gasteiger partial charge is 0.326 e. The van der Waals surface area contributed by atoms with Gasteiger partial charge in [-0.1, -0.05) is 6.92 Å². The number of thiophene rings is 1. The molecule has 0 aliphatic heterocycles. The van der Waals surface area contributed by atoms with Crippen LogP contribution in [0.2, 0.25) is 0 Å². The van der Waals surface area contributed by atoms with Gasteiger partial charge in [0.05, 0.1) is 5.25 Å². The van der Waals surface area contributed by atoms with Crippen molar-refractivity contribution in [2.45, 2.75) is 36.5 Å². The molecule has 0 spiro atoms. The van der Waals surface area contributed by atoms with Crippen molar-refractivity contribution in [3.8, 4) is 0 Å². The van der Waals surface area contributed by atoms with Crippen molar-refractivity contribution in [1.29, 1.82) is 0 Å². The van der Waals surface area contributed by atoms with E-state index in [9.17, 15) is 8.78 Å². The molecule has 2 atom stereocenters. The van der Waals surface area contributed by atoms with Gasteiger partial charge in [-0.05, 0) is 48.6 Å². The zero-order valence-electron chi connectivity index (χ0n) is 11.4. The maximum atomic E-state index is 13.3. The van der Waals surface area contributed by atoms with Gasteiger partial charge in [0, 0.05) is 15.8 Å². The molecule has 0 aliphatic carbocycles. The van der Waals surface area contributed by atoms with Crippen molar-refractivity contribution in [2.24, 2.45) is 5.73 Å². The van der Waals surface area contributed by atoms with Gasteiger partial charge < -0.3 is 5.73 Å². The zero-order chi connectivity index (χ0) is 14.7. The summed E-state index contributed by atoms with van der Waals surface area (Å²) >= 11 is 3.15. The number of hydrogen-bond acceptors (Lipinski definition) is 3. The number of benzene rings is 1. The van der Waals surface area contributed by atoms with E-state index in [1.165, 1.54) is 28.3 Å². The predicted octanol–water partition coefficient (Wildman–Crippen LogP) is 4.91. The number of nitrogens with two attached hydrogens (primary N) is 1. The minimum atomic E-state index is -0.821. The van der Waals surface area contributed by atoms with E-state index >= 15 is 0 Å². The molecule has 2 rings (SSSR count). The summed E-state index contributed by atoms with van der Waals surface area (Å²) in [5, 5.41) is 2.09. The van der Waals surface area contributed by atoms with E-state index in [4.69, 9.17) is 5.73 Å². The molecule has 0 saturated carbocycles. The van der Waals surface area contributed by atoms with E-state index in [0.717, 1.165) is 12.5 Å².